The van der Waals surface area contributed by atoms with Gasteiger partial charge in [0.2, 0.25) is 11.3 Å². The molecule has 138 valence electrons. The third kappa shape index (κ3) is 4.39. The average Bonchev–Trinajstić information content (AvgIpc) is 2.92. The van der Waals surface area contributed by atoms with Crippen molar-refractivity contribution in [2.45, 2.75) is 0 Å². The number of anilines is 1. The van der Waals surface area contributed by atoms with Crippen LogP contribution < -0.4 is 9.88 Å². The van der Waals surface area contributed by atoms with Crippen LogP contribution in [-0.2, 0) is 17.2 Å². The van der Waals surface area contributed by atoms with Crippen LogP contribution >= 0.6 is 0 Å². The number of hydrogen-bond acceptors (Lipinski definition) is 5. The molecule has 1 aliphatic heterocycles. The smallest absolute Gasteiger partial charge is 0.212 e. The number of carbonyl (C=O) groups excluding carboxylic acids is 1. The highest BCUT2D eigenvalue weighted by molar-refractivity contribution is 7.84. The average molecular weight is 382 g/mol. The van der Waals surface area contributed by atoms with Crippen LogP contribution in [0.1, 0.15) is 15.9 Å². The number of carbonyl (C=O) groups is 1. The summed E-state index contributed by atoms with van der Waals surface area (Å²) in [5.41, 5.74) is 4.42. The lowest BCUT2D eigenvalue weighted by Crippen LogP contribution is -2.28. The van der Waals surface area contributed by atoms with E-state index in [2.05, 4.69) is 22.0 Å². The van der Waals surface area contributed by atoms with Crippen molar-refractivity contribution < 1.29 is 22.3 Å². The molecule has 0 radical (unpaired) electrons. The normalized spacial score (nSPS) is 14.5. The number of ketones is 1. The molecule has 0 saturated heterocycles. The lowest BCUT2D eigenvalue weighted by atomic mass is 10.1. The number of nitrogens with zero attached hydrogens (tertiary/aromatic N) is 1. The molecule has 2 heterocycles. The Labute approximate surface area is 157 Å². The number of pyridine rings is 1. The van der Waals surface area contributed by atoms with E-state index in [4.69, 9.17) is 13.0 Å². The first kappa shape index (κ1) is 18.8. The van der Waals surface area contributed by atoms with Crippen molar-refractivity contribution in [3.05, 3.63) is 77.6 Å². The molecule has 0 saturated carbocycles. The molecular formula is C20H18N2O4S. The minimum atomic E-state index is -3.92. The van der Waals surface area contributed by atoms with Gasteiger partial charge in [0.05, 0.1) is 21.2 Å². The van der Waals surface area contributed by atoms with Gasteiger partial charge in [0, 0.05) is 29.6 Å². The van der Waals surface area contributed by atoms with Crippen molar-refractivity contribution in [1.29, 1.82) is 0 Å². The van der Waals surface area contributed by atoms with Crippen LogP contribution in [0.4, 0.5) is 5.69 Å². The summed E-state index contributed by atoms with van der Waals surface area (Å²) in [7, 11) is -1.89. The SMILES string of the molecule is CS(=O)(=O)[O-].C[n+]1ccc(/C=C2/Nc3ccccc3C2=O)c2ccccc21. The molecule has 7 heteroatoms. The van der Waals surface area contributed by atoms with E-state index in [0.717, 1.165) is 27.7 Å². The number of aryl methyl sites for hydroxylation is 1. The highest BCUT2D eigenvalue weighted by Gasteiger charge is 2.24. The first-order chi connectivity index (χ1) is 12.7. The van der Waals surface area contributed by atoms with Gasteiger partial charge in [0.25, 0.3) is 0 Å². The Morgan fingerprint density at radius 2 is 1.67 bits per heavy atom. The van der Waals surface area contributed by atoms with E-state index in [1.165, 1.54) is 0 Å². The molecule has 4 rings (SSSR count). The van der Waals surface area contributed by atoms with Crippen molar-refractivity contribution in [2.75, 3.05) is 11.6 Å². The number of aromatic nitrogens is 1. The Morgan fingerprint density at radius 1 is 1.04 bits per heavy atom. The molecule has 27 heavy (non-hydrogen) atoms. The molecule has 0 bridgehead atoms. The van der Waals surface area contributed by atoms with Crippen molar-refractivity contribution in [3.63, 3.8) is 0 Å². The van der Waals surface area contributed by atoms with E-state index in [1.807, 2.05) is 61.8 Å². The fourth-order valence-corrected chi connectivity index (χ4v) is 2.91. The summed E-state index contributed by atoms with van der Waals surface area (Å²) >= 11 is 0. The van der Waals surface area contributed by atoms with E-state index in [0.29, 0.717) is 12.0 Å². The molecule has 0 amide bonds. The number of allylic oxidation sites excluding steroid dienone is 1. The second-order valence-corrected chi connectivity index (χ2v) is 7.57. The predicted molar refractivity (Wildman–Crippen MR) is 103 cm³/mol. The summed E-state index contributed by atoms with van der Waals surface area (Å²) in [6.07, 6.45) is 4.55. The maximum absolute atomic E-state index is 12.5. The molecule has 6 nitrogen and oxygen atoms in total. The van der Waals surface area contributed by atoms with Crippen LogP contribution in [0.5, 0.6) is 0 Å². The molecule has 0 atom stereocenters. The fraction of sp³-hybridized carbons (Fsp3) is 0.100. The fourth-order valence-electron chi connectivity index (χ4n) is 2.91. The van der Waals surface area contributed by atoms with Crippen LogP contribution in [0.3, 0.4) is 0 Å². The van der Waals surface area contributed by atoms with Gasteiger partial charge in [0.15, 0.2) is 6.20 Å². The number of para-hydroxylation sites is 2. The Hall–Kier alpha value is -3.03. The van der Waals surface area contributed by atoms with Gasteiger partial charge in [-0.05, 0) is 29.8 Å². The molecular weight excluding hydrogens is 364 g/mol. The maximum Gasteiger partial charge on any atom is 0.212 e. The monoisotopic (exact) mass is 382 g/mol. The first-order valence-corrected chi connectivity index (χ1v) is 9.96. The van der Waals surface area contributed by atoms with E-state index in [9.17, 15) is 4.79 Å². The zero-order valence-corrected chi connectivity index (χ0v) is 15.7. The minimum absolute atomic E-state index is 0.0490. The van der Waals surface area contributed by atoms with Crippen LogP contribution in [0.2, 0.25) is 0 Å². The first-order valence-electron chi connectivity index (χ1n) is 8.15. The summed E-state index contributed by atoms with van der Waals surface area (Å²) in [5.74, 6) is 0.0490. The van der Waals surface area contributed by atoms with Crippen LogP contribution in [-0.4, -0.2) is 25.0 Å². The Balaban J connectivity index is 0.000000376. The summed E-state index contributed by atoms with van der Waals surface area (Å²) in [4.78, 5) is 12.5. The topological polar surface area (TPSA) is 90.2 Å². The molecule has 0 spiro atoms. The second kappa shape index (κ2) is 7.30. The van der Waals surface area contributed by atoms with Gasteiger partial charge in [0.1, 0.15) is 7.05 Å². The quantitative estimate of drug-likeness (QED) is 0.397. The summed E-state index contributed by atoms with van der Waals surface area (Å²) in [6.45, 7) is 0. The zero-order valence-electron chi connectivity index (χ0n) is 14.8. The molecule has 1 aliphatic rings. The predicted octanol–water partition coefficient (Wildman–Crippen LogP) is 2.48. The third-order valence-electron chi connectivity index (χ3n) is 4.06. The van der Waals surface area contributed by atoms with Crippen molar-refractivity contribution in [3.8, 4) is 0 Å². The highest BCUT2D eigenvalue weighted by atomic mass is 32.2. The van der Waals surface area contributed by atoms with Gasteiger partial charge in [-0.3, -0.25) is 4.79 Å². The van der Waals surface area contributed by atoms with E-state index < -0.39 is 10.1 Å². The number of rotatable bonds is 1. The molecule has 0 aliphatic carbocycles. The van der Waals surface area contributed by atoms with Crippen molar-refractivity contribution >= 4 is 38.6 Å². The Bertz CT molecular complexity index is 1160. The van der Waals surface area contributed by atoms with Crippen LogP contribution in [0.25, 0.3) is 17.0 Å². The molecule has 1 aromatic heterocycles. The molecule has 0 fully saturated rings. The maximum atomic E-state index is 12.5. The molecule has 1 N–H and O–H groups in total. The highest BCUT2D eigenvalue weighted by Crippen LogP contribution is 2.29. The van der Waals surface area contributed by atoms with Gasteiger partial charge in [-0.15, -0.1) is 0 Å². The third-order valence-corrected chi connectivity index (χ3v) is 4.06. The number of nitrogens with one attached hydrogen (secondary N) is 1. The largest absolute Gasteiger partial charge is 0.748 e. The number of Topliss-reactive ketones (excluding diaryl/α,β-unsaturated/α-hetero) is 1. The van der Waals surface area contributed by atoms with Gasteiger partial charge in [-0.1, -0.05) is 24.3 Å². The number of benzene rings is 2. The molecule has 2 aromatic carbocycles. The number of fused-ring (bicyclic) bond motifs is 2. The van der Waals surface area contributed by atoms with E-state index in [-0.39, 0.29) is 5.78 Å². The van der Waals surface area contributed by atoms with Crippen LogP contribution in [0.15, 0.2) is 66.5 Å². The standard InChI is InChI=1S/C19H14N2O.CH4O3S/c1-21-11-10-13(14-6-3-5-9-18(14)21)12-17-19(22)15-7-2-4-8-16(15)20-17;1-5(2,3)4/h2-12H,1H3;1H3,(H,2,3,4). The minimum Gasteiger partial charge on any atom is -0.748 e. The number of hydrogen-bond donors (Lipinski definition) is 1. The second-order valence-electron chi connectivity index (χ2n) is 6.16. The molecule has 3 aromatic rings. The molecule has 0 unspecified atom stereocenters. The lowest BCUT2D eigenvalue weighted by Gasteiger charge is -2.03. The van der Waals surface area contributed by atoms with Crippen molar-refractivity contribution in [1.82, 2.24) is 0 Å². The Morgan fingerprint density at radius 3 is 2.37 bits per heavy atom. The Kier molecular flexibility index (Phi) is 5.07. The van der Waals surface area contributed by atoms with E-state index >= 15 is 0 Å². The zero-order chi connectivity index (χ0) is 19.6. The van der Waals surface area contributed by atoms with Gasteiger partial charge in [-0.25, -0.2) is 13.0 Å². The van der Waals surface area contributed by atoms with Crippen molar-refractivity contribution in [2.24, 2.45) is 7.05 Å². The van der Waals surface area contributed by atoms with Gasteiger partial charge >= 0.3 is 0 Å². The van der Waals surface area contributed by atoms with Gasteiger partial charge < -0.3 is 9.87 Å². The lowest BCUT2D eigenvalue weighted by molar-refractivity contribution is -0.644. The summed E-state index contributed by atoms with van der Waals surface area (Å²) in [5, 5.41) is 4.35. The van der Waals surface area contributed by atoms with Gasteiger partial charge in [-0.2, -0.15) is 0 Å². The summed E-state index contributed by atoms with van der Waals surface area (Å²) < 4.78 is 29.3. The van der Waals surface area contributed by atoms with E-state index in [1.54, 1.807) is 0 Å². The summed E-state index contributed by atoms with van der Waals surface area (Å²) in [6, 6.07) is 17.8. The van der Waals surface area contributed by atoms with Crippen LogP contribution in [0, 0.1) is 0 Å².